The van der Waals surface area contributed by atoms with Crippen LogP contribution in [0.15, 0.2) is 28.8 Å². The first-order chi connectivity index (χ1) is 7.74. The van der Waals surface area contributed by atoms with Crippen molar-refractivity contribution in [3.05, 3.63) is 35.4 Å². The summed E-state index contributed by atoms with van der Waals surface area (Å²) in [6.07, 6.45) is 2.44. The van der Waals surface area contributed by atoms with Crippen molar-refractivity contribution in [2.24, 2.45) is 0 Å². The van der Waals surface area contributed by atoms with E-state index in [0.29, 0.717) is 11.7 Å². The Kier molecular flexibility index (Phi) is 1.99. The summed E-state index contributed by atoms with van der Waals surface area (Å²) in [5.74, 6) is 1.83. The highest BCUT2D eigenvalue weighted by Gasteiger charge is 2.19. The lowest BCUT2D eigenvalue weighted by Crippen LogP contribution is -1.87. The van der Waals surface area contributed by atoms with E-state index in [2.05, 4.69) is 30.3 Å². The number of nitrogens with two attached hydrogens (primary N) is 1. The molecule has 3 heteroatoms. The smallest absolute Gasteiger partial charge is 0.169 e. The molecule has 3 rings (SSSR count). The number of anilines is 1. The van der Waals surface area contributed by atoms with Crippen molar-refractivity contribution in [3.63, 3.8) is 0 Å². The van der Waals surface area contributed by atoms with Gasteiger partial charge < -0.3 is 10.3 Å². The third-order valence-electron chi connectivity index (χ3n) is 3.34. The first-order valence-corrected chi connectivity index (χ1v) is 5.59. The second-order valence-electron chi connectivity index (χ2n) is 4.47. The average molecular weight is 214 g/mol. The van der Waals surface area contributed by atoms with E-state index < -0.39 is 0 Å². The van der Waals surface area contributed by atoms with Crippen molar-refractivity contribution in [2.45, 2.75) is 25.7 Å². The zero-order valence-corrected chi connectivity index (χ0v) is 9.23. The molecule has 1 aromatic carbocycles. The number of fused-ring (bicyclic) bond motifs is 1. The lowest BCUT2D eigenvalue weighted by Gasteiger charge is -2.05. The highest BCUT2D eigenvalue weighted by atomic mass is 16.5. The van der Waals surface area contributed by atoms with Gasteiger partial charge in [0.1, 0.15) is 0 Å². The van der Waals surface area contributed by atoms with Crippen molar-refractivity contribution in [2.75, 3.05) is 5.73 Å². The van der Waals surface area contributed by atoms with Crippen LogP contribution in [0.3, 0.4) is 0 Å². The Balaban J connectivity index is 2.07. The van der Waals surface area contributed by atoms with E-state index in [4.69, 9.17) is 10.3 Å². The summed E-state index contributed by atoms with van der Waals surface area (Å²) in [4.78, 5) is 0. The molecule has 1 aromatic heterocycles. The van der Waals surface area contributed by atoms with Crippen molar-refractivity contribution in [3.8, 4) is 11.3 Å². The summed E-state index contributed by atoms with van der Waals surface area (Å²) in [6, 6.07) is 8.23. The molecule has 1 aliphatic rings. The van der Waals surface area contributed by atoms with Gasteiger partial charge in [-0.15, -0.1) is 0 Å². The summed E-state index contributed by atoms with van der Waals surface area (Å²) in [5.41, 5.74) is 9.52. The van der Waals surface area contributed by atoms with Crippen LogP contribution in [0.2, 0.25) is 0 Å². The van der Waals surface area contributed by atoms with Gasteiger partial charge in [0.2, 0.25) is 0 Å². The van der Waals surface area contributed by atoms with Crippen LogP contribution >= 0.6 is 0 Å². The van der Waals surface area contributed by atoms with Crippen LogP contribution in [-0.2, 0) is 6.42 Å². The van der Waals surface area contributed by atoms with E-state index in [0.717, 1.165) is 11.3 Å². The molecule has 0 amide bonds. The Labute approximate surface area is 94.2 Å². The van der Waals surface area contributed by atoms with Gasteiger partial charge in [-0.1, -0.05) is 24.2 Å². The maximum absolute atomic E-state index is 5.55. The molecule has 0 radical (unpaired) electrons. The lowest BCUT2D eigenvalue weighted by atomic mass is 10.00. The molecule has 0 saturated carbocycles. The van der Waals surface area contributed by atoms with Crippen LogP contribution in [0.5, 0.6) is 0 Å². The normalized spacial score (nSPS) is 18.7. The Hall–Kier alpha value is -1.77. The summed E-state index contributed by atoms with van der Waals surface area (Å²) in [6.45, 7) is 2.27. The molecule has 0 fully saturated rings. The second kappa shape index (κ2) is 3.37. The van der Waals surface area contributed by atoms with E-state index >= 15 is 0 Å². The van der Waals surface area contributed by atoms with Gasteiger partial charge in [-0.3, -0.25) is 0 Å². The molecule has 16 heavy (non-hydrogen) atoms. The summed E-state index contributed by atoms with van der Waals surface area (Å²) < 4.78 is 5.17. The van der Waals surface area contributed by atoms with E-state index in [1.807, 2.05) is 0 Å². The molecule has 3 nitrogen and oxygen atoms in total. The third kappa shape index (κ3) is 1.40. The van der Waals surface area contributed by atoms with Gasteiger partial charge in [0, 0.05) is 11.6 Å². The van der Waals surface area contributed by atoms with Crippen molar-refractivity contribution in [1.29, 1.82) is 0 Å². The monoisotopic (exact) mass is 214 g/mol. The quantitative estimate of drug-likeness (QED) is 0.794. The number of aryl methyl sites for hydroxylation is 1. The molecule has 0 bridgehead atoms. The molecule has 2 aromatic rings. The number of rotatable bonds is 1. The lowest BCUT2D eigenvalue weighted by molar-refractivity contribution is 0.436. The first kappa shape index (κ1) is 9.46. The van der Waals surface area contributed by atoms with Crippen LogP contribution in [0.25, 0.3) is 11.3 Å². The maximum Gasteiger partial charge on any atom is 0.169 e. The fourth-order valence-electron chi connectivity index (χ4n) is 2.39. The SMILES string of the molecule is CC1CCc2ccc(-c3cc(N)no3)cc21. The molecular formula is C13H14N2O. The number of aromatic nitrogens is 1. The third-order valence-corrected chi connectivity index (χ3v) is 3.34. The number of nitrogens with zero attached hydrogens (tertiary/aromatic N) is 1. The molecule has 1 heterocycles. The van der Waals surface area contributed by atoms with Gasteiger partial charge in [-0.25, -0.2) is 0 Å². The highest BCUT2D eigenvalue weighted by Crippen LogP contribution is 2.35. The van der Waals surface area contributed by atoms with E-state index in [1.54, 1.807) is 6.07 Å². The summed E-state index contributed by atoms with van der Waals surface area (Å²) >= 11 is 0. The van der Waals surface area contributed by atoms with Gasteiger partial charge in [0.05, 0.1) is 0 Å². The molecule has 0 aliphatic heterocycles. The van der Waals surface area contributed by atoms with E-state index in [-0.39, 0.29) is 0 Å². The van der Waals surface area contributed by atoms with Gasteiger partial charge >= 0.3 is 0 Å². The Morgan fingerprint density at radius 2 is 2.25 bits per heavy atom. The minimum Gasteiger partial charge on any atom is -0.381 e. The second-order valence-corrected chi connectivity index (χ2v) is 4.47. The Morgan fingerprint density at radius 3 is 3.00 bits per heavy atom. The fourth-order valence-corrected chi connectivity index (χ4v) is 2.39. The molecule has 2 N–H and O–H groups in total. The van der Waals surface area contributed by atoms with E-state index in [9.17, 15) is 0 Å². The minimum absolute atomic E-state index is 0.434. The largest absolute Gasteiger partial charge is 0.381 e. The first-order valence-electron chi connectivity index (χ1n) is 5.59. The van der Waals surface area contributed by atoms with Gasteiger partial charge in [0.15, 0.2) is 11.6 Å². The standard InChI is InChI=1S/C13H14N2O/c1-8-2-3-9-4-5-10(6-11(8)9)12-7-13(14)15-16-12/h4-8H,2-3H2,1H3,(H2,14,15). The number of nitrogen functional groups attached to an aromatic ring is 1. The highest BCUT2D eigenvalue weighted by molar-refractivity contribution is 5.62. The molecule has 1 atom stereocenters. The predicted octanol–water partition coefficient (Wildman–Crippen LogP) is 2.97. The molecule has 0 spiro atoms. The van der Waals surface area contributed by atoms with Crippen LogP contribution in [0, 0.1) is 0 Å². The molecule has 0 saturated heterocycles. The zero-order valence-electron chi connectivity index (χ0n) is 9.23. The topological polar surface area (TPSA) is 52.0 Å². The fraction of sp³-hybridized carbons (Fsp3) is 0.308. The predicted molar refractivity (Wildman–Crippen MR) is 63.1 cm³/mol. The molecular weight excluding hydrogens is 200 g/mol. The Morgan fingerprint density at radius 1 is 1.38 bits per heavy atom. The number of hydrogen-bond donors (Lipinski definition) is 1. The summed E-state index contributed by atoms with van der Waals surface area (Å²) in [5, 5.41) is 3.71. The molecule has 1 unspecified atom stereocenters. The van der Waals surface area contributed by atoms with Gasteiger partial charge in [-0.2, -0.15) is 0 Å². The number of benzene rings is 1. The van der Waals surface area contributed by atoms with Crippen LogP contribution in [-0.4, -0.2) is 5.16 Å². The average Bonchev–Trinajstić information content (AvgIpc) is 2.86. The minimum atomic E-state index is 0.434. The number of hydrogen-bond acceptors (Lipinski definition) is 3. The van der Waals surface area contributed by atoms with Gasteiger partial charge in [-0.05, 0) is 36.0 Å². The zero-order chi connectivity index (χ0) is 11.1. The summed E-state index contributed by atoms with van der Waals surface area (Å²) in [7, 11) is 0. The van der Waals surface area contributed by atoms with Gasteiger partial charge in [0.25, 0.3) is 0 Å². The van der Waals surface area contributed by atoms with Crippen LogP contribution in [0.4, 0.5) is 5.82 Å². The molecule has 82 valence electrons. The molecule has 1 aliphatic carbocycles. The van der Waals surface area contributed by atoms with Crippen LogP contribution in [0.1, 0.15) is 30.4 Å². The Bertz CT molecular complexity index is 530. The van der Waals surface area contributed by atoms with Crippen LogP contribution < -0.4 is 5.73 Å². The van der Waals surface area contributed by atoms with Crippen molar-refractivity contribution >= 4 is 5.82 Å². The van der Waals surface area contributed by atoms with Crippen molar-refractivity contribution < 1.29 is 4.52 Å². The van der Waals surface area contributed by atoms with E-state index in [1.165, 1.54) is 24.0 Å². The maximum atomic E-state index is 5.55. The van der Waals surface area contributed by atoms with Crippen molar-refractivity contribution in [1.82, 2.24) is 5.16 Å².